The minimum Gasteiger partial charge on any atom is -0.480 e. The summed E-state index contributed by atoms with van der Waals surface area (Å²) in [6.45, 7) is 0.282. The molecule has 0 saturated heterocycles. The van der Waals surface area contributed by atoms with E-state index in [0.717, 1.165) is 0 Å². The molecule has 6 nitrogen and oxygen atoms in total. The topological polar surface area (TPSA) is 109 Å². The Labute approximate surface area is 81.5 Å². The SMILES string of the molecule is N[C@@H](CCC(=O)NCCC=O)C(=O)O. The Balaban J connectivity index is 3.53. The number of hydrogen-bond acceptors (Lipinski definition) is 4. The molecule has 0 fully saturated rings. The number of amides is 1. The van der Waals surface area contributed by atoms with Gasteiger partial charge in [0.1, 0.15) is 12.3 Å². The Morgan fingerprint density at radius 1 is 1.50 bits per heavy atom. The molecule has 0 saturated carbocycles. The number of hydrogen-bond donors (Lipinski definition) is 3. The molecule has 4 N–H and O–H groups in total. The molecule has 0 radical (unpaired) electrons. The van der Waals surface area contributed by atoms with Crippen LogP contribution in [0.15, 0.2) is 0 Å². The maximum atomic E-state index is 11.0. The smallest absolute Gasteiger partial charge is 0.320 e. The average Bonchev–Trinajstić information content (AvgIpc) is 2.14. The molecule has 0 aliphatic carbocycles. The van der Waals surface area contributed by atoms with Gasteiger partial charge in [0.05, 0.1) is 0 Å². The molecule has 0 heterocycles. The second-order valence-electron chi connectivity index (χ2n) is 2.79. The highest BCUT2D eigenvalue weighted by Crippen LogP contribution is 1.94. The van der Waals surface area contributed by atoms with Crippen molar-refractivity contribution >= 4 is 18.2 Å². The van der Waals surface area contributed by atoms with Gasteiger partial charge >= 0.3 is 5.97 Å². The number of carboxylic acid groups (broad SMARTS) is 1. The van der Waals surface area contributed by atoms with E-state index in [-0.39, 0.29) is 31.7 Å². The van der Waals surface area contributed by atoms with Gasteiger partial charge in [-0.25, -0.2) is 0 Å². The largest absolute Gasteiger partial charge is 0.480 e. The summed E-state index contributed by atoms with van der Waals surface area (Å²) >= 11 is 0. The first-order chi connectivity index (χ1) is 6.57. The maximum absolute atomic E-state index is 11.0. The predicted molar refractivity (Wildman–Crippen MR) is 48.5 cm³/mol. The summed E-state index contributed by atoms with van der Waals surface area (Å²) in [4.78, 5) is 31.1. The fraction of sp³-hybridized carbons (Fsp3) is 0.625. The summed E-state index contributed by atoms with van der Waals surface area (Å²) in [5.74, 6) is -1.41. The van der Waals surface area contributed by atoms with E-state index in [1.165, 1.54) is 0 Å². The standard InChI is InChI=1S/C8H14N2O4/c9-6(8(13)14)2-3-7(12)10-4-1-5-11/h5-6H,1-4,9H2,(H,10,12)(H,13,14)/t6-/m0/s1. The van der Waals surface area contributed by atoms with Crippen molar-refractivity contribution in [2.24, 2.45) is 5.73 Å². The van der Waals surface area contributed by atoms with Crippen molar-refractivity contribution in [3.05, 3.63) is 0 Å². The molecule has 0 unspecified atom stereocenters. The Morgan fingerprint density at radius 3 is 2.64 bits per heavy atom. The lowest BCUT2D eigenvalue weighted by atomic mass is 10.1. The fourth-order valence-electron chi connectivity index (χ4n) is 0.769. The van der Waals surface area contributed by atoms with Crippen LogP contribution in [-0.2, 0) is 14.4 Å². The van der Waals surface area contributed by atoms with Gasteiger partial charge in [-0.2, -0.15) is 0 Å². The van der Waals surface area contributed by atoms with Crippen LogP contribution in [0.5, 0.6) is 0 Å². The Bertz CT molecular complexity index is 217. The van der Waals surface area contributed by atoms with E-state index in [0.29, 0.717) is 6.29 Å². The van der Waals surface area contributed by atoms with Gasteiger partial charge in [-0.15, -0.1) is 0 Å². The summed E-state index contributed by atoms with van der Waals surface area (Å²) < 4.78 is 0. The predicted octanol–water partition coefficient (Wildman–Crippen LogP) is -1.12. The van der Waals surface area contributed by atoms with E-state index in [9.17, 15) is 14.4 Å². The van der Waals surface area contributed by atoms with Crippen LogP contribution >= 0.6 is 0 Å². The Hall–Kier alpha value is -1.43. The van der Waals surface area contributed by atoms with E-state index in [4.69, 9.17) is 10.8 Å². The van der Waals surface area contributed by atoms with Crippen molar-refractivity contribution in [3.8, 4) is 0 Å². The van der Waals surface area contributed by atoms with Gasteiger partial charge < -0.3 is 21.0 Å². The highest BCUT2D eigenvalue weighted by Gasteiger charge is 2.12. The third-order valence-corrected chi connectivity index (χ3v) is 1.58. The van der Waals surface area contributed by atoms with Crippen LogP contribution in [0.4, 0.5) is 0 Å². The van der Waals surface area contributed by atoms with E-state index < -0.39 is 12.0 Å². The van der Waals surface area contributed by atoms with Crippen LogP contribution < -0.4 is 11.1 Å². The molecular weight excluding hydrogens is 188 g/mol. The van der Waals surface area contributed by atoms with Gasteiger partial charge in [0.25, 0.3) is 0 Å². The molecule has 0 spiro atoms. The summed E-state index contributed by atoms with van der Waals surface area (Å²) in [6, 6.07) is -1.01. The van der Waals surface area contributed by atoms with Crippen molar-refractivity contribution in [1.29, 1.82) is 0 Å². The lowest BCUT2D eigenvalue weighted by molar-refractivity contribution is -0.138. The van der Waals surface area contributed by atoms with Crippen molar-refractivity contribution in [1.82, 2.24) is 5.32 Å². The maximum Gasteiger partial charge on any atom is 0.320 e. The van der Waals surface area contributed by atoms with Gasteiger partial charge in [-0.05, 0) is 6.42 Å². The number of rotatable bonds is 7. The molecule has 0 bridgehead atoms. The molecule has 0 aliphatic heterocycles. The molecule has 0 aromatic carbocycles. The lowest BCUT2D eigenvalue weighted by Crippen LogP contribution is -2.33. The van der Waals surface area contributed by atoms with E-state index in [1.807, 2.05) is 0 Å². The third-order valence-electron chi connectivity index (χ3n) is 1.58. The van der Waals surface area contributed by atoms with Crippen molar-refractivity contribution in [2.45, 2.75) is 25.3 Å². The van der Waals surface area contributed by atoms with Gasteiger partial charge in [0, 0.05) is 19.4 Å². The summed E-state index contributed by atoms with van der Waals surface area (Å²) in [5, 5.41) is 10.9. The summed E-state index contributed by atoms with van der Waals surface area (Å²) in [7, 11) is 0. The normalized spacial score (nSPS) is 11.8. The molecule has 0 aliphatic rings. The first-order valence-corrected chi connectivity index (χ1v) is 4.26. The number of carbonyl (C=O) groups is 3. The number of nitrogens with one attached hydrogen (secondary N) is 1. The van der Waals surface area contributed by atoms with Gasteiger partial charge in [-0.1, -0.05) is 0 Å². The molecule has 6 heteroatoms. The quantitative estimate of drug-likeness (QED) is 0.358. The average molecular weight is 202 g/mol. The van der Waals surface area contributed by atoms with E-state index >= 15 is 0 Å². The molecular formula is C8H14N2O4. The summed E-state index contributed by atoms with van der Waals surface area (Å²) in [6.07, 6.45) is 1.12. The van der Waals surface area contributed by atoms with Crippen molar-refractivity contribution < 1.29 is 19.5 Å². The van der Waals surface area contributed by atoms with Crippen LogP contribution in [0.1, 0.15) is 19.3 Å². The van der Waals surface area contributed by atoms with Gasteiger partial charge in [0.2, 0.25) is 5.91 Å². The minimum atomic E-state index is -1.12. The van der Waals surface area contributed by atoms with Crippen LogP contribution in [0.2, 0.25) is 0 Å². The molecule has 1 amide bonds. The van der Waals surface area contributed by atoms with E-state index in [1.54, 1.807) is 0 Å². The highest BCUT2D eigenvalue weighted by molar-refractivity contribution is 5.78. The minimum absolute atomic E-state index is 0.0618. The molecule has 0 aromatic rings. The van der Waals surface area contributed by atoms with Gasteiger partial charge in [0.15, 0.2) is 0 Å². The third kappa shape index (κ3) is 6.13. The second kappa shape index (κ2) is 7.02. The van der Waals surface area contributed by atoms with Crippen LogP contribution in [0.3, 0.4) is 0 Å². The molecule has 1 atom stereocenters. The molecule has 14 heavy (non-hydrogen) atoms. The number of aldehydes is 1. The number of carboxylic acids is 1. The van der Waals surface area contributed by atoms with Gasteiger partial charge in [-0.3, -0.25) is 9.59 Å². The number of nitrogens with two attached hydrogens (primary N) is 1. The zero-order chi connectivity index (χ0) is 11.0. The fourth-order valence-corrected chi connectivity index (χ4v) is 0.769. The van der Waals surface area contributed by atoms with Crippen LogP contribution in [-0.4, -0.2) is 35.9 Å². The lowest BCUT2D eigenvalue weighted by Gasteiger charge is -2.05. The zero-order valence-electron chi connectivity index (χ0n) is 7.73. The second-order valence-corrected chi connectivity index (χ2v) is 2.79. The zero-order valence-corrected chi connectivity index (χ0v) is 7.73. The van der Waals surface area contributed by atoms with Crippen molar-refractivity contribution in [2.75, 3.05) is 6.54 Å². The van der Waals surface area contributed by atoms with E-state index in [2.05, 4.69) is 5.32 Å². The van der Waals surface area contributed by atoms with Crippen molar-refractivity contribution in [3.63, 3.8) is 0 Å². The number of carbonyl (C=O) groups excluding carboxylic acids is 2. The van der Waals surface area contributed by atoms with Crippen LogP contribution in [0, 0.1) is 0 Å². The molecule has 0 rings (SSSR count). The monoisotopic (exact) mass is 202 g/mol. The summed E-state index contributed by atoms with van der Waals surface area (Å²) in [5.41, 5.74) is 5.18. The Kier molecular flexibility index (Phi) is 6.30. The number of aliphatic carboxylic acids is 1. The highest BCUT2D eigenvalue weighted by atomic mass is 16.4. The molecule has 0 aromatic heterocycles. The van der Waals surface area contributed by atoms with Crippen LogP contribution in [0.25, 0.3) is 0 Å². The first-order valence-electron chi connectivity index (χ1n) is 4.26. The molecule has 80 valence electrons. The Morgan fingerprint density at radius 2 is 2.14 bits per heavy atom. The first kappa shape index (κ1) is 12.6.